The average Bonchev–Trinajstić information content (AvgIpc) is 3.29. The highest BCUT2D eigenvalue weighted by Crippen LogP contribution is 2.20. The first-order chi connectivity index (χ1) is 15.3. The van der Waals surface area contributed by atoms with Crippen LogP contribution in [0.3, 0.4) is 0 Å². The van der Waals surface area contributed by atoms with Gasteiger partial charge in [-0.25, -0.2) is 8.42 Å². The minimum atomic E-state index is -3.68. The molecule has 2 aliphatic rings. The maximum absolute atomic E-state index is 12.9. The van der Waals surface area contributed by atoms with Crippen LogP contribution >= 0.6 is 0 Å². The number of piperazine rings is 1. The molecule has 1 unspecified atom stereocenters. The van der Waals surface area contributed by atoms with Gasteiger partial charge >= 0.3 is 0 Å². The summed E-state index contributed by atoms with van der Waals surface area (Å²) in [6.07, 6.45) is 2.59. The summed E-state index contributed by atoms with van der Waals surface area (Å²) < 4.78 is 33.7. The number of aryl methyl sites for hydroxylation is 2. The average molecular weight is 458 g/mol. The van der Waals surface area contributed by atoms with Gasteiger partial charge < -0.3 is 9.64 Å². The highest BCUT2D eigenvalue weighted by molar-refractivity contribution is 7.92. The molecule has 0 saturated carbocycles. The Bertz CT molecular complexity index is 1060. The largest absolute Gasteiger partial charge is 0.377 e. The fourth-order valence-corrected chi connectivity index (χ4v) is 5.31. The maximum atomic E-state index is 12.9. The van der Waals surface area contributed by atoms with Crippen molar-refractivity contribution >= 4 is 21.6 Å². The zero-order valence-electron chi connectivity index (χ0n) is 18.7. The van der Waals surface area contributed by atoms with Gasteiger partial charge in [-0.05, 0) is 74.2 Å². The molecule has 2 saturated heterocycles. The number of hydrogen-bond acceptors (Lipinski definition) is 5. The molecular formula is C24H31N3O4S. The van der Waals surface area contributed by atoms with Crippen molar-refractivity contribution in [1.82, 2.24) is 9.80 Å². The van der Waals surface area contributed by atoms with E-state index in [4.69, 9.17) is 4.74 Å². The molecule has 172 valence electrons. The van der Waals surface area contributed by atoms with E-state index in [2.05, 4.69) is 9.62 Å². The lowest BCUT2D eigenvalue weighted by Crippen LogP contribution is -2.50. The molecule has 0 radical (unpaired) electrons. The predicted octanol–water partition coefficient (Wildman–Crippen LogP) is 3.04. The zero-order valence-corrected chi connectivity index (χ0v) is 19.5. The minimum absolute atomic E-state index is 0.0228. The van der Waals surface area contributed by atoms with E-state index in [1.165, 1.54) is 0 Å². The van der Waals surface area contributed by atoms with E-state index in [-0.39, 0.29) is 10.8 Å². The van der Waals surface area contributed by atoms with Crippen molar-refractivity contribution in [2.24, 2.45) is 0 Å². The van der Waals surface area contributed by atoms with Crippen molar-refractivity contribution in [3.05, 3.63) is 59.2 Å². The number of sulfonamides is 1. The Morgan fingerprint density at radius 2 is 1.75 bits per heavy atom. The van der Waals surface area contributed by atoms with Gasteiger partial charge in [0.1, 0.15) is 0 Å². The summed E-state index contributed by atoms with van der Waals surface area (Å²) >= 11 is 0. The summed E-state index contributed by atoms with van der Waals surface area (Å²) in [6, 6.07) is 11.7. The molecule has 1 N–H and O–H groups in total. The fourth-order valence-electron chi connectivity index (χ4n) is 4.17. The second-order valence-corrected chi connectivity index (χ2v) is 10.3. The molecule has 4 rings (SSSR count). The molecule has 0 spiro atoms. The van der Waals surface area contributed by atoms with Gasteiger partial charge in [0.15, 0.2) is 0 Å². The van der Waals surface area contributed by atoms with Crippen LogP contribution in [0.1, 0.15) is 34.3 Å². The third kappa shape index (κ3) is 5.31. The third-order valence-electron chi connectivity index (χ3n) is 6.32. The monoisotopic (exact) mass is 457 g/mol. The number of amides is 1. The lowest BCUT2D eigenvalue weighted by Gasteiger charge is -2.35. The van der Waals surface area contributed by atoms with Gasteiger partial charge in [0.05, 0.1) is 11.0 Å². The van der Waals surface area contributed by atoms with E-state index in [1.807, 2.05) is 18.7 Å². The third-order valence-corrected chi connectivity index (χ3v) is 7.70. The lowest BCUT2D eigenvalue weighted by molar-refractivity contribution is 0.0433. The highest BCUT2D eigenvalue weighted by atomic mass is 32.2. The van der Waals surface area contributed by atoms with E-state index in [1.54, 1.807) is 42.5 Å². The summed E-state index contributed by atoms with van der Waals surface area (Å²) in [7, 11) is -3.68. The van der Waals surface area contributed by atoms with E-state index < -0.39 is 10.0 Å². The van der Waals surface area contributed by atoms with Crippen molar-refractivity contribution in [3.63, 3.8) is 0 Å². The Morgan fingerprint density at radius 1 is 1.03 bits per heavy atom. The van der Waals surface area contributed by atoms with Crippen LogP contribution in [0.15, 0.2) is 47.4 Å². The topological polar surface area (TPSA) is 79.0 Å². The normalized spacial score (nSPS) is 19.8. The van der Waals surface area contributed by atoms with E-state index >= 15 is 0 Å². The number of ether oxygens (including phenoxy) is 1. The van der Waals surface area contributed by atoms with Crippen LogP contribution in [0.5, 0.6) is 0 Å². The molecule has 2 aromatic rings. The Labute approximate surface area is 190 Å². The number of benzene rings is 2. The molecule has 32 heavy (non-hydrogen) atoms. The van der Waals surface area contributed by atoms with Crippen molar-refractivity contribution in [3.8, 4) is 0 Å². The summed E-state index contributed by atoms with van der Waals surface area (Å²) in [4.78, 5) is 17.3. The van der Waals surface area contributed by atoms with Crippen LogP contribution < -0.4 is 4.72 Å². The van der Waals surface area contributed by atoms with E-state index in [0.29, 0.717) is 30.4 Å². The van der Waals surface area contributed by atoms with Crippen LogP contribution in [-0.2, 0) is 14.8 Å². The SMILES string of the molecule is Cc1ccc(S(=O)(=O)Nc2ccc(C(=O)N3CCN(CC4CCCO4)CC3)cc2)cc1C. The number of nitrogens with zero attached hydrogens (tertiary/aromatic N) is 2. The first-order valence-electron chi connectivity index (χ1n) is 11.2. The first kappa shape index (κ1) is 22.8. The molecule has 0 aliphatic carbocycles. The smallest absolute Gasteiger partial charge is 0.261 e. The fraction of sp³-hybridized carbons (Fsp3) is 0.458. The van der Waals surface area contributed by atoms with Gasteiger partial charge in [0, 0.05) is 50.6 Å². The number of carbonyl (C=O) groups excluding carboxylic acids is 1. The van der Waals surface area contributed by atoms with Gasteiger partial charge in [-0.1, -0.05) is 6.07 Å². The van der Waals surface area contributed by atoms with Crippen LogP contribution in [-0.4, -0.2) is 69.6 Å². The molecule has 8 heteroatoms. The number of rotatable bonds is 6. The lowest BCUT2D eigenvalue weighted by atomic mass is 10.1. The number of carbonyl (C=O) groups is 1. The van der Waals surface area contributed by atoms with E-state index in [0.717, 1.165) is 50.2 Å². The molecule has 0 bridgehead atoms. The van der Waals surface area contributed by atoms with Gasteiger partial charge in [0.2, 0.25) is 0 Å². The molecule has 2 fully saturated rings. The first-order valence-corrected chi connectivity index (χ1v) is 12.6. The van der Waals surface area contributed by atoms with Crippen LogP contribution in [0.25, 0.3) is 0 Å². The maximum Gasteiger partial charge on any atom is 0.261 e. The molecule has 2 aromatic carbocycles. The van der Waals surface area contributed by atoms with Gasteiger partial charge in [-0.2, -0.15) is 0 Å². The second-order valence-electron chi connectivity index (χ2n) is 8.66. The van der Waals surface area contributed by atoms with Crippen LogP contribution in [0, 0.1) is 13.8 Å². The second kappa shape index (κ2) is 9.60. The summed E-state index contributed by atoms with van der Waals surface area (Å²) in [5.74, 6) is -0.0228. The zero-order chi connectivity index (χ0) is 22.7. The molecule has 1 atom stereocenters. The predicted molar refractivity (Wildman–Crippen MR) is 124 cm³/mol. The summed E-state index contributed by atoms with van der Waals surface area (Å²) in [6.45, 7) is 8.70. The molecule has 1 amide bonds. The number of nitrogens with one attached hydrogen (secondary N) is 1. The Hall–Kier alpha value is -2.42. The number of anilines is 1. The van der Waals surface area contributed by atoms with Crippen molar-refractivity contribution in [2.75, 3.05) is 44.1 Å². The Morgan fingerprint density at radius 3 is 2.38 bits per heavy atom. The Balaban J connectivity index is 1.34. The highest BCUT2D eigenvalue weighted by Gasteiger charge is 2.25. The van der Waals surface area contributed by atoms with Gasteiger partial charge in [-0.3, -0.25) is 14.4 Å². The van der Waals surface area contributed by atoms with Crippen molar-refractivity contribution in [2.45, 2.75) is 37.7 Å². The van der Waals surface area contributed by atoms with Crippen LogP contribution in [0.2, 0.25) is 0 Å². The standard InChI is InChI=1S/C24H31N3O4S/c1-18-5-10-23(16-19(18)2)32(29,30)25-21-8-6-20(7-9-21)24(28)27-13-11-26(12-14-27)17-22-4-3-15-31-22/h5-10,16,22,25H,3-4,11-15,17H2,1-2H3. The molecule has 0 aromatic heterocycles. The molecular weight excluding hydrogens is 426 g/mol. The van der Waals surface area contributed by atoms with Gasteiger partial charge in [-0.15, -0.1) is 0 Å². The van der Waals surface area contributed by atoms with E-state index in [9.17, 15) is 13.2 Å². The Kier molecular flexibility index (Phi) is 6.83. The molecule has 2 aliphatic heterocycles. The molecule has 2 heterocycles. The van der Waals surface area contributed by atoms with Crippen molar-refractivity contribution in [1.29, 1.82) is 0 Å². The van der Waals surface area contributed by atoms with Gasteiger partial charge in [0.25, 0.3) is 15.9 Å². The molecule has 7 nitrogen and oxygen atoms in total. The van der Waals surface area contributed by atoms with Crippen molar-refractivity contribution < 1.29 is 17.9 Å². The number of hydrogen-bond donors (Lipinski definition) is 1. The minimum Gasteiger partial charge on any atom is -0.377 e. The quantitative estimate of drug-likeness (QED) is 0.721. The van der Waals surface area contributed by atoms with Crippen LogP contribution in [0.4, 0.5) is 5.69 Å². The summed E-state index contributed by atoms with van der Waals surface area (Å²) in [5, 5.41) is 0. The summed E-state index contributed by atoms with van der Waals surface area (Å²) in [5.41, 5.74) is 2.96.